The Balaban J connectivity index is 1.87. The van der Waals surface area contributed by atoms with Crippen LogP contribution in [0.4, 0.5) is 5.13 Å². The number of thiazole rings is 1. The molecule has 0 aliphatic heterocycles. The highest BCUT2D eigenvalue weighted by Gasteiger charge is 2.32. The highest BCUT2D eigenvalue weighted by atomic mass is 32.2. The second-order valence-electron chi connectivity index (χ2n) is 6.36. The van der Waals surface area contributed by atoms with Gasteiger partial charge in [-0.1, -0.05) is 11.3 Å². The number of nitrogens with zero attached hydrogens (tertiary/aromatic N) is 2. The van der Waals surface area contributed by atoms with Gasteiger partial charge in [0.1, 0.15) is 0 Å². The Hall–Kier alpha value is -1.26. The topological polar surface area (TPSA) is 109 Å². The van der Waals surface area contributed by atoms with E-state index in [4.69, 9.17) is 5.73 Å². The minimum absolute atomic E-state index is 0.0888. The van der Waals surface area contributed by atoms with E-state index in [9.17, 15) is 13.5 Å². The lowest BCUT2D eigenvalue weighted by Crippen LogP contribution is -2.26. The van der Waals surface area contributed by atoms with Crippen molar-refractivity contribution in [1.29, 1.82) is 0 Å². The van der Waals surface area contributed by atoms with Crippen molar-refractivity contribution < 1.29 is 13.5 Å². The van der Waals surface area contributed by atoms with Crippen LogP contribution in [0.1, 0.15) is 12.8 Å². The molecule has 0 amide bonds. The molecule has 3 atom stereocenters. The van der Waals surface area contributed by atoms with E-state index in [2.05, 4.69) is 10.3 Å². The number of fused-ring (bicyclic) bond motifs is 1. The molecule has 0 saturated heterocycles. The maximum Gasteiger partial charge on any atom is 0.242 e. The van der Waals surface area contributed by atoms with Crippen molar-refractivity contribution in [2.24, 2.45) is 11.7 Å². The molecular formula is C15H22N4O3S2. The summed E-state index contributed by atoms with van der Waals surface area (Å²) in [5.41, 5.74) is 6.73. The number of aromatic nitrogens is 1. The van der Waals surface area contributed by atoms with Crippen LogP contribution in [-0.2, 0) is 10.0 Å². The number of anilines is 1. The molecule has 0 spiro atoms. The molecule has 1 aliphatic carbocycles. The van der Waals surface area contributed by atoms with E-state index >= 15 is 0 Å². The zero-order valence-electron chi connectivity index (χ0n) is 13.6. The van der Waals surface area contributed by atoms with Gasteiger partial charge in [-0.15, -0.1) is 0 Å². The Bertz CT molecular complexity index is 834. The molecule has 4 N–H and O–H groups in total. The number of sulfonamides is 1. The summed E-state index contributed by atoms with van der Waals surface area (Å²) in [6.45, 7) is 0.0987. The van der Waals surface area contributed by atoms with Crippen LogP contribution < -0.4 is 11.1 Å². The number of hydrogen-bond donors (Lipinski definition) is 3. The van der Waals surface area contributed by atoms with E-state index in [1.54, 1.807) is 18.2 Å². The van der Waals surface area contributed by atoms with Crippen molar-refractivity contribution in [3.63, 3.8) is 0 Å². The maximum absolute atomic E-state index is 12.2. The average molecular weight is 371 g/mol. The summed E-state index contributed by atoms with van der Waals surface area (Å²) in [6.07, 6.45) is 1.59. The molecule has 1 aliphatic rings. The van der Waals surface area contributed by atoms with Crippen LogP contribution in [-0.4, -0.2) is 55.6 Å². The van der Waals surface area contributed by atoms with Gasteiger partial charge in [-0.3, -0.25) is 0 Å². The van der Waals surface area contributed by atoms with Crippen LogP contribution >= 0.6 is 11.3 Å². The summed E-state index contributed by atoms with van der Waals surface area (Å²) >= 11 is 1.41. The number of aliphatic hydroxyl groups is 1. The summed E-state index contributed by atoms with van der Waals surface area (Å²) in [5, 5.41) is 13.5. The van der Waals surface area contributed by atoms with Crippen molar-refractivity contribution in [2.45, 2.75) is 29.8 Å². The van der Waals surface area contributed by atoms with Crippen LogP contribution in [0.2, 0.25) is 0 Å². The maximum atomic E-state index is 12.2. The SMILES string of the molecule is CN(C)S(=O)(=O)c1ccc2nc(N[C@@H]3C[C@@H](N)C[C@@H]3CO)sc2c1. The normalized spacial score (nSPS) is 24.8. The molecular weight excluding hydrogens is 348 g/mol. The molecule has 0 radical (unpaired) electrons. The number of benzene rings is 1. The van der Waals surface area contributed by atoms with Gasteiger partial charge < -0.3 is 16.2 Å². The molecule has 1 heterocycles. The van der Waals surface area contributed by atoms with Crippen LogP contribution in [0.5, 0.6) is 0 Å². The minimum Gasteiger partial charge on any atom is -0.396 e. The first-order valence-electron chi connectivity index (χ1n) is 7.77. The van der Waals surface area contributed by atoms with Gasteiger partial charge in [-0.05, 0) is 31.0 Å². The van der Waals surface area contributed by atoms with Crippen LogP contribution in [0.25, 0.3) is 10.2 Å². The van der Waals surface area contributed by atoms with E-state index in [0.717, 1.165) is 28.2 Å². The largest absolute Gasteiger partial charge is 0.396 e. The fourth-order valence-corrected chi connectivity index (χ4v) is 5.01. The smallest absolute Gasteiger partial charge is 0.242 e. The monoisotopic (exact) mass is 370 g/mol. The summed E-state index contributed by atoms with van der Waals surface area (Å²) in [6, 6.07) is 5.12. The van der Waals surface area contributed by atoms with E-state index in [1.807, 2.05) is 0 Å². The van der Waals surface area contributed by atoms with Gasteiger partial charge in [0, 0.05) is 38.7 Å². The molecule has 1 saturated carbocycles. The van der Waals surface area contributed by atoms with Gasteiger partial charge in [-0.25, -0.2) is 17.7 Å². The Morgan fingerprint density at radius 2 is 2.17 bits per heavy atom. The molecule has 1 fully saturated rings. The standard InChI is InChI=1S/C15H22N4O3S2/c1-19(2)24(21,22)11-3-4-12-14(7-11)23-15(17-12)18-13-6-10(16)5-9(13)8-20/h3-4,7,9-10,13,20H,5-6,8,16H2,1-2H3,(H,17,18)/t9-,10+,13-/m1/s1. The van der Waals surface area contributed by atoms with Crippen LogP contribution in [0, 0.1) is 5.92 Å². The number of hydrogen-bond acceptors (Lipinski definition) is 7. The van der Waals surface area contributed by atoms with Crippen molar-refractivity contribution >= 4 is 36.7 Å². The molecule has 132 valence electrons. The van der Waals surface area contributed by atoms with Crippen LogP contribution in [0.3, 0.4) is 0 Å². The third kappa shape index (κ3) is 3.27. The average Bonchev–Trinajstić information content (AvgIpc) is 3.08. The molecule has 3 rings (SSSR count). The summed E-state index contributed by atoms with van der Waals surface area (Å²) < 4.78 is 26.5. The van der Waals surface area contributed by atoms with Crippen molar-refractivity contribution in [2.75, 3.05) is 26.0 Å². The van der Waals surface area contributed by atoms with Gasteiger partial charge in [0.15, 0.2) is 5.13 Å². The predicted molar refractivity (Wildman–Crippen MR) is 95.7 cm³/mol. The summed E-state index contributed by atoms with van der Waals surface area (Å²) in [4.78, 5) is 4.77. The minimum atomic E-state index is -3.46. The number of nitrogens with two attached hydrogens (primary N) is 1. The zero-order chi connectivity index (χ0) is 17.5. The summed E-state index contributed by atoms with van der Waals surface area (Å²) in [5.74, 6) is 0.122. The molecule has 0 unspecified atom stereocenters. The van der Waals surface area contributed by atoms with Crippen molar-refractivity contribution in [3.8, 4) is 0 Å². The predicted octanol–water partition coefficient (Wildman–Crippen LogP) is 1.06. The number of aliphatic hydroxyl groups excluding tert-OH is 1. The highest BCUT2D eigenvalue weighted by Crippen LogP contribution is 2.32. The lowest BCUT2D eigenvalue weighted by molar-refractivity contribution is 0.221. The fourth-order valence-electron chi connectivity index (χ4n) is 3.04. The molecule has 0 bridgehead atoms. The summed E-state index contributed by atoms with van der Waals surface area (Å²) in [7, 11) is -0.436. The Labute approximate surface area is 145 Å². The van der Waals surface area contributed by atoms with Crippen molar-refractivity contribution in [3.05, 3.63) is 18.2 Å². The highest BCUT2D eigenvalue weighted by molar-refractivity contribution is 7.89. The number of rotatable bonds is 5. The first-order valence-corrected chi connectivity index (χ1v) is 10.0. The van der Waals surface area contributed by atoms with Crippen LogP contribution in [0.15, 0.2) is 23.1 Å². The Kier molecular flexibility index (Phi) is 4.80. The second-order valence-corrected chi connectivity index (χ2v) is 9.54. The lowest BCUT2D eigenvalue weighted by atomic mass is 10.1. The quantitative estimate of drug-likeness (QED) is 0.726. The fraction of sp³-hybridized carbons (Fsp3) is 0.533. The third-order valence-corrected chi connectivity index (χ3v) is 7.17. The molecule has 2 aromatic rings. The van der Waals surface area contributed by atoms with E-state index < -0.39 is 10.0 Å². The van der Waals surface area contributed by atoms with Crippen molar-refractivity contribution in [1.82, 2.24) is 9.29 Å². The van der Waals surface area contributed by atoms with Gasteiger partial charge in [0.2, 0.25) is 10.0 Å². The molecule has 9 heteroatoms. The second kappa shape index (κ2) is 6.57. The third-order valence-electron chi connectivity index (χ3n) is 4.41. The van der Waals surface area contributed by atoms with E-state index in [1.165, 1.54) is 29.7 Å². The molecule has 1 aromatic heterocycles. The molecule has 7 nitrogen and oxygen atoms in total. The lowest BCUT2D eigenvalue weighted by Gasteiger charge is -2.17. The first kappa shape index (κ1) is 17.6. The molecule has 1 aromatic carbocycles. The van der Waals surface area contributed by atoms with E-state index in [-0.39, 0.29) is 29.5 Å². The zero-order valence-corrected chi connectivity index (χ0v) is 15.3. The Morgan fingerprint density at radius 1 is 1.42 bits per heavy atom. The Morgan fingerprint density at radius 3 is 2.83 bits per heavy atom. The van der Waals surface area contributed by atoms with Gasteiger partial charge >= 0.3 is 0 Å². The van der Waals surface area contributed by atoms with Gasteiger partial charge in [-0.2, -0.15) is 0 Å². The van der Waals surface area contributed by atoms with Gasteiger partial charge in [0.05, 0.1) is 15.1 Å². The number of nitrogens with one attached hydrogen (secondary N) is 1. The first-order chi connectivity index (χ1) is 11.3. The molecule has 24 heavy (non-hydrogen) atoms. The van der Waals surface area contributed by atoms with Gasteiger partial charge in [0.25, 0.3) is 0 Å². The van der Waals surface area contributed by atoms with E-state index in [0.29, 0.717) is 0 Å².